The van der Waals surface area contributed by atoms with Crippen molar-refractivity contribution < 1.29 is 24.2 Å². The highest BCUT2D eigenvalue weighted by Crippen LogP contribution is 2.45. The number of rotatable bonds is 8. The number of ether oxygens (including phenoxy) is 2. The topological polar surface area (TPSA) is 84.9 Å². The first-order chi connectivity index (χ1) is 10.9. The lowest BCUT2D eigenvalue weighted by Crippen LogP contribution is -2.34. The molecule has 6 nitrogen and oxygen atoms in total. The standard InChI is InChI=1S/C17H23NO5/c1-11(2)9-23-13-5-4-12(8-14(13)22-3)15(19)18-10-17(6-7-17)16(20)21/h4-5,8,11H,6-7,9-10H2,1-3H3,(H,18,19)(H,20,21). The Morgan fingerprint density at radius 1 is 1.30 bits per heavy atom. The molecule has 1 aliphatic carbocycles. The van der Waals surface area contributed by atoms with Gasteiger partial charge >= 0.3 is 5.97 Å². The van der Waals surface area contributed by atoms with E-state index in [4.69, 9.17) is 14.6 Å². The Bertz CT molecular complexity index is 593. The van der Waals surface area contributed by atoms with Crippen LogP contribution in [0.1, 0.15) is 37.0 Å². The van der Waals surface area contributed by atoms with E-state index in [9.17, 15) is 9.59 Å². The van der Waals surface area contributed by atoms with Crippen molar-refractivity contribution >= 4 is 11.9 Å². The largest absolute Gasteiger partial charge is 0.493 e. The summed E-state index contributed by atoms with van der Waals surface area (Å²) in [5.74, 6) is 0.284. The molecule has 0 aromatic heterocycles. The number of carbonyl (C=O) groups excluding carboxylic acids is 1. The fraction of sp³-hybridized carbons (Fsp3) is 0.529. The van der Waals surface area contributed by atoms with Crippen molar-refractivity contribution in [2.75, 3.05) is 20.3 Å². The number of aliphatic carboxylic acids is 1. The fourth-order valence-electron chi connectivity index (χ4n) is 2.15. The summed E-state index contributed by atoms with van der Waals surface area (Å²) in [5, 5.41) is 11.8. The van der Waals surface area contributed by atoms with E-state index in [2.05, 4.69) is 5.32 Å². The van der Waals surface area contributed by atoms with Crippen LogP contribution in [0.25, 0.3) is 0 Å². The van der Waals surface area contributed by atoms with Gasteiger partial charge in [0.05, 0.1) is 19.1 Å². The van der Waals surface area contributed by atoms with E-state index in [-0.39, 0.29) is 12.5 Å². The molecular weight excluding hydrogens is 298 g/mol. The summed E-state index contributed by atoms with van der Waals surface area (Å²) in [4.78, 5) is 23.3. The molecule has 1 aromatic carbocycles. The average molecular weight is 321 g/mol. The van der Waals surface area contributed by atoms with Crippen molar-refractivity contribution in [2.24, 2.45) is 11.3 Å². The van der Waals surface area contributed by atoms with Gasteiger partial charge in [0.25, 0.3) is 5.91 Å². The monoisotopic (exact) mass is 321 g/mol. The van der Waals surface area contributed by atoms with E-state index in [1.165, 1.54) is 7.11 Å². The first-order valence-corrected chi connectivity index (χ1v) is 7.70. The van der Waals surface area contributed by atoms with E-state index in [1.807, 2.05) is 13.8 Å². The maximum atomic E-state index is 12.2. The van der Waals surface area contributed by atoms with Crippen LogP contribution in [0, 0.1) is 11.3 Å². The molecule has 0 atom stereocenters. The summed E-state index contributed by atoms with van der Waals surface area (Å²) in [5.41, 5.74) is -0.361. The Balaban J connectivity index is 2.01. The molecule has 0 unspecified atom stereocenters. The number of hydrogen-bond donors (Lipinski definition) is 2. The number of carboxylic acids is 1. The second-order valence-corrected chi connectivity index (χ2v) is 6.34. The Morgan fingerprint density at radius 3 is 2.52 bits per heavy atom. The van der Waals surface area contributed by atoms with Crippen molar-refractivity contribution in [3.8, 4) is 11.5 Å². The van der Waals surface area contributed by atoms with Crippen molar-refractivity contribution in [3.05, 3.63) is 23.8 Å². The van der Waals surface area contributed by atoms with E-state index < -0.39 is 11.4 Å². The summed E-state index contributed by atoms with van der Waals surface area (Å²) in [7, 11) is 1.52. The van der Waals surface area contributed by atoms with Gasteiger partial charge in [-0.2, -0.15) is 0 Å². The van der Waals surface area contributed by atoms with Gasteiger partial charge in [0, 0.05) is 12.1 Å². The van der Waals surface area contributed by atoms with Crippen LogP contribution >= 0.6 is 0 Å². The van der Waals surface area contributed by atoms with E-state index >= 15 is 0 Å². The van der Waals surface area contributed by atoms with Gasteiger partial charge in [-0.3, -0.25) is 9.59 Å². The van der Waals surface area contributed by atoms with Gasteiger partial charge < -0.3 is 19.9 Å². The molecule has 1 fully saturated rings. The Morgan fingerprint density at radius 2 is 2.00 bits per heavy atom. The number of carboxylic acid groups (broad SMARTS) is 1. The number of methoxy groups -OCH3 is 1. The van der Waals surface area contributed by atoms with Crippen molar-refractivity contribution in [3.63, 3.8) is 0 Å². The lowest BCUT2D eigenvalue weighted by Gasteiger charge is -2.14. The van der Waals surface area contributed by atoms with E-state index in [0.29, 0.717) is 42.4 Å². The third kappa shape index (κ3) is 4.15. The summed E-state index contributed by atoms with van der Waals surface area (Å²) in [6, 6.07) is 4.94. The summed E-state index contributed by atoms with van der Waals surface area (Å²) < 4.78 is 10.9. The SMILES string of the molecule is COc1cc(C(=O)NCC2(C(=O)O)CC2)ccc1OCC(C)C. The van der Waals surface area contributed by atoms with Gasteiger partial charge in [-0.1, -0.05) is 13.8 Å². The van der Waals surface area contributed by atoms with Crippen molar-refractivity contribution in [2.45, 2.75) is 26.7 Å². The predicted octanol–water partition coefficient (Wildman–Crippen LogP) is 2.32. The van der Waals surface area contributed by atoms with Crippen LogP contribution in [-0.4, -0.2) is 37.2 Å². The third-order valence-corrected chi connectivity index (χ3v) is 3.89. The Hall–Kier alpha value is -2.24. The van der Waals surface area contributed by atoms with Crippen LogP contribution in [0.2, 0.25) is 0 Å². The molecule has 23 heavy (non-hydrogen) atoms. The number of nitrogens with one attached hydrogen (secondary N) is 1. The van der Waals surface area contributed by atoms with Gasteiger partial charge in [0.1, 0.15) is 0 Å². The lowest BCUT2D eigenvalue weighted by atomic mass is 10.1. The van der Waals surface area contributed by atoms with Crippen LogP contribution < -0.4 is 14.8 Å². The highest BCUT2D eigenvalue weighted by Gasteiger charge is 2.50. The first kappa shape index (κ1) is 17.1. The minimum atomic E-state index is -0.854. The summed E-state index contributed by atoms with van der Waals surface area (Å²) in [6.45, 7) is 4.80. The second-order valence-electron chi connectivity index (χ2n) is 6.34. The Labute approximate surface area is 135 Å². The molecule has 2 rings (SSSR count). The molecule has 1 saturated carbocycles. The molecule has 0 bridgehead atoms. The summed E-state index contributed by atoms with van der Waals surface area (Å²) in [6.07, 6.45) is 1.21. The fourth-order valence-corrected chi connectivity index (χ4v) is 2.15. The van der Waals surface area contributed by atoms with Gasteiger partial charge in [0.2, 0.25) is 0 Å². The number of benzene rings is 1. The van der Waals surface area contributed by atoms with Crippen LogP contribution in [-0.2, 0) is 4.79 Å². The number of carbonyl (C=O) groups is 2. The molecule has 2 N–H and O–H groups in total. The zero-order chi connectivity index (χ0) is 17.0. The molecule has 0 heterocycles. The lowest BCUT2D eigenvalue weighted by molar-refractivity contribution is -0.143. The molecule has 1 aromatic rings. The molecule has 1 aliphatic rings. The molecule has 0 aliphatic heterocycles. The highest BCUT2D eigenvalue weighted by molar-refractivity contribution is 5.95. The van der Waals surface area contributed by atoms with Gasteiger partial charge in [0.15, 0.2) is 11.5 Å². The number of hydrogen-bond acceptors (Lipinski definition) is 4. The first-order valence-electron chi connectivity index (χ1n) is 7.70. The molecule has 1 amide bonds. The minimum Gasteiger partial charge on any atom is -0.493 e. The van der Waals surface area contributed by atoms with E-state index in [1.54, 1.807) is 18.2 Å². The third-order valence-electron chi connectivity index (χ3n) is 3.89. The maximum Gasteiger partial charge on any atom is 0.311 e. The Kier molecular flexibility index (Phi) is 5.13. The quantitative estimate of drug-likeness (QED) is 0.767. The molecule has 0 saturated heterocycles. The second kappa shape index (κ2) is 6.89. The summed E-state index contributed by atoms with van der Waals surface area (Å²) >= 11 is 0. The number of amides is 1. The zero-order valence-electron chi connectivity index (χ0n) is 13.7. The molecule has 0 spiro atoms. The zero-order valence-corrected chi connectivity index (χ0v) is 13.7. The van der Waals surface area contributed by atoms with Crippen LogP contribution in [0.3, 0.4) is 0 Å². The average Bonchev–Trinajstić information content (AvgIpc) is 3.31. The minimum absolute atomic E-state index is 0.148. The molecular formula is C17H23NO5. The van der Waals surface area contributed by atoms with Crippen LogP contribution in [0.15, 0.2) is 18.2 Å². The highest BCUT2D eigenvalue weighted by atomic mass is 16.5. The van der Waals surface area contributed by atoms with E-state index in [0.717, 1.165) is 0 Å². The van der Waals surface area contributed by atoms with Crippen molar-refractivity contribution in [1.29, 1.82) is 0 Å². The van der Waals surface area contributed by atoms with Crippen LogP contribution in [0.4, 0.5) is 0 Å². The predicted molar refractivity (Wildman–Crippen MR) is 85.0 cm³/mol. The van der Waals surface area contributed by atoms with Crippen molar-refractivity contribution in [1.82, 2.24) is 5.32 Å². The molecule has 0 radical (unpaired) electrons. The van der Waals surface area contributed by atoms with Crippen LogP contribution in [0.5, 0.6) is 11.5 Å². The maximum absolute atomic E-state index is 12.2. The normalized spacial score (nSPS) is 15.1. The smallest absolute Gasteiger partial charge is 0.311 e. The molecule has 126 valence electrons. The van der Waals surface area contributed by atoms with Gasteiger partial charge in [-0.15, -0.1) is 0 Å². The van der Waals surface area contributed by atoms with Gasteiger partial charge in [-0.25, -0.2) is 0 Å². The molecule has 6 heteroatoms. The van der Waals surface area contributed by atoms with Gasteiger partial charge in [-0.05, 0) is 37.0 Å².